The van der Waals surface area contributed by atoms with Crippen LogP contribution in [0.3, 0.4) is 0 Å². The topological polar surface area (TPSA) is 76.5 Å². The highest BCUT2D eigenvalue weighted by molar-refractivity contribution is 7.14. The van der Waals surface area contributed by atoms with Gasteiger partial charge in [-0.05, 0) is 19.1 Å². The minimum Gasteiger partial charge on any atom is -0.363 e. The lowest BCUT2D eigenvalue weighted by atomic mass is 10.2. The van der Waals surface area contributed by atoms with E-state index in [0.717, 1.165) is 32.7 Å². The molecule has 0 fully saturated rings. The molecule has 0 saturated heterocycles. The van der Waals surface area contributed by atoms with Gasteiger partial charge in [0, 0.05) is 35.3 Å². The van der Waals surface area contributed by atoms with Gasteiger partial charge in [-0.15, -0.1) is 10.2 Å². The van der Waals surface area contributed by atoms with Gasteiger partial charge in [0.2, 0.25) is 0 Å². The molecular weight excluding hydrogens is 344 g/mol. The molecule has 0 atom stereocenters. The van der Waals surface area contributed by atoms with Gasteiger partial charge in [-0.3, -0.25) is 4.98 Å². The summed E-state index contributed by atoms with van der Waals surface area (Å²) in [6.45, 7) is 2.51. The maximum Gasteiger partial charge on any atom is 0.163 e. The maximum absolute atomic E-state index is 4.58. The van der Waals surface area contributed by atoms with E-state index in [2.05, 4.69) is 30.5 Å². The number of nitrogens with one attached hydrogen (secondary N) is 1. The van der Waals surface area contributed by atoms with E-state index in [4.69, 9.17) is 0 Å². The first kappa shape index (κ1) is 16.3. The molecule has 0 amide bonds. The van der Waals surface area contributed by atoms with Gasteiger partial charge < -0.3 is 5.32 Å². The molecule has 0 aliphatic heterocycles. The normalized spacial score (nSPS) is 10.7. The number of nitrogens with zero attached hydrogens (tertiary/aromatic N) is 5. The first-order valence-electron chi connectivity index (χ1n) is 8.16. The Hall–Kier alpha value is -3.19. The summed E-state index contributed by atoms with van der Waals surface area (Å²) in [5.41, 5.74) is 2.86. The SMILES string of the molecule is Cc1cc(NCc2nnc(-c3ccccc3)s2)nc(-c2cccnc2)n1. The molecule has 6 nitrogen and oxygen atoms in total. The monoisotopic (exact) mass is 360 g/mol. The Morgan fingerprint density at radius 3 is 2.62 bits per heavy atom. The average molecular weight is 360 g/mol. The van der Waals surface area contributed by atoms with Gasteiger partial charge in [0.15, 0.2) is 5.82 Å². The van der Waals surface area contributed by atoms with E-state index in [1.165, 1.54) is 0 Å². The van der Waals surface area contributed by atoms with Crippen LogP contribution in [0.5, 0.6) is 0 Å². The van der Waals surface area contributed by atoms with Gasteiger partial charge in [0.1, 0.15) is 15.8 Å². The molecule has 0 radical (unpaired) electrons. The molecule has 4 rings (SSSR count). The van der Waals surface area contributed by atoms with Crippen LogP contribution >= 0.6 is 11.3 Å². The molecular formula is C19H16N6S. The molecule has 26 heavy (non-hydrogen) atoms. The van der Waals surface area contributed by atoms with Crippen LogP contribution in [0.4, 0.5) is 5.82 Å². The van der Waals surface area contributed by atoms with Crippen LogP contribution in [0.2, 0.25) is 0 Å². The van der Waals surface area contributed by atoms with Crippen molar-refractivity contribution in [3.63, 3.8) is 0 Å². The quantitative estimate of drug-likeness (QED) is 0.580. The van der Waals surface area contributed by atoms with Crippen LogP contribution in [0, 0.1) is 6.92 Å². The fourth-order valence-corrected chi connectivity index (χ4v) is 3.26. The third-order valence-corrected chi connectivity index (χ3v) is 4.65. The van der Waals surface area contributed by atoms with E-state index < -0.39 is 0 Å². The molecule has 3 heterocycles. The number of hydrogen-bond donors (Lipinski definition) is 1. The number of anilines is 1. The lowest BCUT2D eigenvalue weighted by Gasteiger charge is -2.07. The second-order valence-electron chi connectivity index (χ2n) is 5.68. The zero-order valence-electron chi connectivity index (χ0n) is 14.1. The number of hydrogen-bond acceptors (Lipinski definition) is 7. The summed E-state index contributed by atoms with van der Waals surface area (Å²) in [4.78, 5) is 13.2. The second kappa shape index (κ2) is 7.37. The van der Waals surface area contributed by atoms with Crippen molar-refractivity contribution in [2.45, 2.75) is 13.5 Å². The smallest absolute Gasteiger partial charge is 0.163 e. The molecule has 0 unspecified atom stereocenters. The third-order valence-electron chi connectivity index (χ3n) is 3.68. The summed E-state index contributed by atoms with van der Waals surface area (Å²) >= 11 is 1.57. The lowest BCUT2D eigenvalue weighted by molar-refractivity contribution is 0.979. The Labute approximate surface area is 155 Å². The Morgan fingerprint density at radius 1 is 0.962 bits per heavy atom. The molecule has 3 aromatic heterocycles. The molecule has 0 aliphatic carbocycles. The number of rotatable bonds is 5. The molecule has 1 N–H and O–H groups in total. The summed E-state index contributed by atoms with van der Waals surface area (Å²) in [6.07, 6.45) is 3.49. The number of aryl methyl sites for hydroxylation is 1. The fourth-order valence-electron chi connectivity index (χ4n) is 2.47. The lowest BCUT2D eigenvalue weighted by Crippen LogP contribution is -2.04. The number of aromatic nitrogens is 5. The highest BCUT2D eigenvalue weighted by atomic mass is 32.1. The van der Waals surface area contributed by atoms with Crippen LogP contribution in [-0.2, 0) is 6.54 Å². The van der Waals surface area contributed by atoms with Crippen molar-refractivity contribution in [2.75, 3.05) is 5.32 Å². The van der Waals surface area contributed by atoms with E-state index in [-0.39, 0.29) is 0 Å². The van der Waals surface area contributed by atoms with Crippen LogP contribution < -0.4 is 5.32 Å². The second-order valence-corrected chi connectivity index (χ2v) is 6.74. The van der Waals surface area contributed by atoms with Crippen LogP contribution in [-0.4, -0.2) is 25.1 Å². The molecule has 0 saturated carbocycles. The van der Waals surface area contributed by atoms with Crippen LogP contribution in [0.15, 0.2) is 60.9 Å². The zero-order valence-corrected chi connectivity index (χ0v) is 14.9. The van der Waals surface area contributed by atoms with Crippen molar-refractivity contribution in [1.29, 1.82) is 0 Å². The van der Waals surface area contributed by atoms with E-state index in [1.54, 1.807) is 23.7 Å². The summed E-state index contributed by atoms with van der Waals surface area (Å²) in [7, 11) is 0. The largest absolute Gasteiger partial charge is 0.363 e. The Morgan fingerprint density at radius 2 is 1.81 bits per heavy atom. The molecule has 128 valence electrons. The van der Waals surface area contributed by atoms with E-state index >= 15 is 0 Å². The Bertz CT molecular complexity index is 1000. The van der Waals surface area contributed by atoms with Gasteiger partial charge in [0.25, 0.3) is 0 Å². The van der Waals surface area contributed by atoms with E-state index in [0.29, 0.717) is 12.4 Å². The molecule has 4 aromatic rings. The zero-order chi connectivity index (χ0) is 17.8. The summed E-state index contributed by atoms with van der Waals surface area (Å²) in [5.74, 6) is 1.41. The van der Waals surface area contributed by atoms with Crippen molar-refractivity contribution in [1.82, 2.24) is 25.1 Å². The van der Waals surface area contributed by atoms with Crippen molar-refractivity contribution in [3.8, 4) is 22.0 Å². The average Bonchev–Trinajstić information content (AvgIpc) is 3.16. The first-order valence-corrected chi connectivity index (χ1v) is 8.97. The molecule has 0 spiro atoms. The predicted octanol–water partition coefficient (Wildman–Crippen LogP) is 3.98. The van der Waals surface area contributed by atoms with Gasteiger partial charge in [-0.1, -0.05) is 41.7 Å². The first-order chi connectivity index (χ1) is 12.8. The van der Waals surface area contributed by atoms with Gasteiger partial charge in [-0.25, -0.2) is 9.97 Å². The Kier molecular flexibility index (Phi) is 4.61. The van der Waals surface area contributed by atoms with Crippen LogP contribution in [0.25, 0.3) is 22.0 Å². The van der Waals surface area contributed by atoms with Gasteiger partial charge in [0.05, 0.1) is 6.54 Å². The standard InChI is InChI=1S/C19H16N6S/c1-13-10-16(23-18(22-13)15-8-5-9-20-11-15)21-12-17-24-25-19(26-17)14-6-3-2-4-7-14/h2-11H,12H2,1H3,(H,21,22,23). The highest BCUT2D eigenvalue weighted by Crippen LogP contribution is 2.24. The van der Waals surface area contributed by atoms with E-state index in [1.807, 2.05) is 55.5 Å². The van der Waals surface area contributed by atoms with Crippen LogP contribution in [0.1, 0.15) is 10.7 Å². The maximum atomic E-state index is 4.58. The number of benzene rings is 1. The third kappa shape index (κ3) is 3.73. The summed E-state index contributed by atoms with van der Waals surface area (Å²) in [6, 6.07) is 15.8. The number of pyridine rings is 1. The van der Waals surface area contributed by atoms with Gasteiger partial charge >= 0.3 is 0 Å². The van der Waals surface area contributed by atoms with Crippen molar-refractivity contribution >= 4 is 17.2 Å². The van der Waals surface area contributed by atoms with Crippen molar-refractivity contribution < 1.29 is 0 Å². The Balaban J connectivity index is 1.50. The minimum absolute atomic E-state index is 0.563. The molecule has 0 aliphatic rings. The summed E-state index contributed by atoms with van der Waals surface area (Å²) < 4.78 is 0. The molecule has 0 bridgehead atoms. The fraction of sp³-hybridized carbons (Fsp3) is 0.105. The minimum atomic E-state index is 0.563. The van der Waals surface area contributed by atoms with Gasteiger partial charge in [-0.2, -0.15) is 0 Å². The van der Waals surface area contributed by atoms with Crippen molar-refractivity contribution in [2.24, 2.45) is 0 Å². The van der Waals surface area contributed by atoms with Crippen molar-refractivity contribution in [3.05, 3.63) is 71.6 Å². The highest BCUT2D eigenvalue weighted by Gasteiger charge is 2.08. The molecule has 7 heteroatoms. The molecule has 1 aromatic carbocycles. The van der Waals surface area contributed by atoms with E-state index in [9.17, 15) is 0 Å². The summed E-state index contributed by atoms with van der Waals surface area (Å²) in [5, 5.41) is 13.7. The predicted molar refractivity (Wildman–Crippen MR) is 103 cm³/mol.